The number of aliphatic imine (C=N–C) groups is 1. The number of phenols is 1. The van der Waals surface area contributed by atoms with E-state index in [0.29, 0.717) is 13.2 Å². The van der Waals surface area contributed by atoms with Crippen molar-refractivity contribution in [3.63, 3.8) is 0 Å². The van der Waals surface area contributed by atoms with E-state index in [1.165, 1.54) is 25.0 Å². The van der Waals surface area contributed by atoms with Gasteiger partial charge in [0.05, 0.1) is 18.9 Å². The average Bonchev–Trinajstić information content (AvgIpc) is 2.76. The summed E-state index contributed by atoms with van der Waals surface area (Å²) in [6.45, 7) is 4.43. The smallest absolute Gasteiger partial charge is 0.123 e. The van der Waals surface area contributed by atoms with E-state index in [9.17, 15) is 9.50 Å². The molecular formula is C25H34FN3O2. The normalized spacial score (nSPS) is 17.4. The molecule has 1 aliphatic heterocycles. The monoisotopic (exact) mass is 427 g/mol. The molecule has 0 radical (unpaired) electrons. The van der Waals surface area contributed by atoms with Crippen molar-refractivity contribution in [3.8, 4) is 5.75 Å². The maximum atomic E-state index is 13.1. The predicted molar refractivity (Wildman–Crippen MR) is 126 cm³/mol. The highest BCUT2D eigenvalue weighted by Crippen LogP contribution is 2.17. The Kier molecular flexibility index (Phi) is 11.4. The van der Waals surface area contributed by atoms with Crippen LogP contribution in [0, 0.1) is 5.82 Å². The first-order valence-electron chi connectivity index (χ1n) is 10.9. The van der Waals surface area contributed by atoms with Gasteiger partial charge in [-0.1, -0.05) is 25.5 Å². The van der Waals surface area contributed by atoms with E-state index in [4.69, 9.17) is 4.74 Å². The second-order valence-corrected chi connectivity index (χ2v) is 7.43. The van der Waals surface area contributed by atoms with Crippen molar-refractivity contribution in [1.82, 2.24) is 10.6 Å². The van der Waals surface area contributed by atoms with E-state index >= 15 is 0 Å². The molecule has 0 saturated heterocycles. The summed E-state index contributed by atoms with van der Waals surface area (Å²) in [6.07, 6.45) is 8.11. The van der Waals surface area contributed by atoms with E-state index in [-0.39, 0.29) is 17.6 Å². The van der Waals surface area contributed by atoms with Gasteiger partial charge in [-0.3, -0.25) is 4.99 Å². The molecule has 31 heavy (non-hydrogen) atoms. The predicted octanol–water partition coefficient (Wildman–Crippen LogP) is 4.88. The van der Waals surface area contributed by atoms with Gasteiger partial charge in [-0.2, -0.15) is 0 Å². The van der Waals surface area contributed by atoms with Crippen molar-refractivity contribution in [2.24, 2.45) is 4.99 Å². The Balaban J connectivity index is 0.000000501. The summed E-state index contributed by atoms with van der Waals surface area (Å²) in [5.74, 6) is -0.00387. The molecule has 0 fully saturated rings. The number of hydrogen-bond acceptors (Lipinski definition) is 5. The fourth-order valence-electron chi connectivity index (χ4n) is 2.93. The first-order valence-corrected chi connectivity index (χ1v) is 10.9. The molecule has 3 N–H and O–H groups in total. The second-order valence-electron chi connectivity index (χ2n) is 7.43. The molecule has 1 heterocycles. The summed E-state index contributed by atoms with van der Waals surface area (Å²) in [4.78, 5) is 4.44. The van der Waals surface area contributed by atoms with Crippen LogP contribution in [-0.2, 0) is 11.3 Å². The quantitative estimate of drug-likeness (QED) is 0.526. The third-order valence-corrected chi connectivity index (χ3v) is 4.77. The molecule has 5 nitrogen and oxygen atoms in total. The minimum atomic E-state index is -0.257. The van der Waals surface area contributed by atoms with E-state index in [2.05, 4.69) is 22.5 Å². The number of hydrogen-bond donors (Lipinski definition) is 3. The van der Waals surface area contributed by atoms with Gasteiger partial charge in [0.1, 0.15) is 11.6 Å². The van der Waals surface area contributed by atoms with Crippen LogP contribution < -0.4 is 10.6 Å². The third-order valence-electron chi connectivity index (χ3n) is 4.77. The topological polar surface area (TPSA) is 65.9 Å². The van der Waals surface area contributed by atoms with Crippen LogP contribution in [0.1, 0.15) is 43.7 Å². The van der Waals surface area contributed by atoms with Gasteiger partial charge in [-0.25, -0.2) is 4.39 Å². The summed E-state index contributed by atoms with van der Waals surface area (Å²) in [5.41, 5.74) is 2.67. The lowest BCUT2D eigenvalue weighted by atomic mass is 10.1. The fraction of sp³-hybridized carbons (Fsp3) is 0.400. The fourth-order valence-corrected chi connectivity index (χ4v) is 2.93. The zero-order valence-corrected chi connectivity index (χ0v) is 18.5. The Hall–Kier alpha value is -2.70. The zero-order valence-electron chi connectivity index (χ0n) is 18.5. The first-order chi connectivity index (χ1) is 15.1. The maximum Gasteiger partial charge on any atom is 0.123 e. The van der Waals surface area contributed by atoms with Gasteiger partial charge in [0.15, 0.2) is 0 Å². The van der Waals surface area contributed by atoms with Crippen LogP contribution in [0.5, 0.6) is 5.75 Å². The molecule has 2 aromatic rings. The molecule has 1 atom stereocenters. The molecule has 0 unspecified atom stereocenters. The van der Waals surface area contributed by atoms with Crippen LogP contribution >= 0.6 is 0 Å². The number of halogens is 1. The average molecular weight is 428 g/mol. The van der Waals surface area contributed by atoms with Crippen LogP contribution in [0.2, 0.25) is 0 Å². The van der Waals surface area contributed by atoms with Gasteiger partial charge in [-0.05, 0) is 74.8 Å². The van der Waals surface area contributed by atoms with E-state index < -0.39 is 0 Å². The van der Waals surface area contributed by atoms with E-state index in [0.717, 1.165) is 36.2 Å². The summed E-state index contributed by atoms with van der Waals surface area (Å²) in [7, 11) is 1.98. The molecule has 0 saturated carbocycles. The summed E-state index contributed by atoms with van der Waals surface area (Å²) in [6, 6.07) is 13.5. The van der Waals surface area contributed by atoms with Crippen LogP contribution in [0.4, 0.5) is 4.39 Å². The van der Waals surface area contributed by atoms with Crippen LogP contribution in [0.3, 0.4) is 0 Å². The first kappa shape index (κ1) is 24.6. The molecule has 0 aromatic heterocycles. The molecule has 6 heteroatoms. The molecule has 168 valence electrons. The highest BCUT2D eigenvalue weighted by molar-refractivity contribution is 5.74. The molecule has 0 amide bonds. The van der Waals surface area contributed by atoms with Gasteiger partial charge in [0.25, 0.3) is 0 Å². The lowest BCUT2D eigenvalue weighted by Crippen LogP contribution is -2.30. The number of nitrogens with zero attached hydrogens (tertiary/aromatic N) is 1. The third kappa shape index (κ3) is 9.77. The molecule has 3 rings (SSSR count). The van der Waals surface area contributed by atoms with Gasteiger partial charge in [0.2, 0.25) is 0 Å². The Bertz CT molecular complexity index is 801. The number of phenolic OH excluding ortho intramolecular Hbond substituents is 1. The number of unbranched alkanes of at least 4 members (excludes halogenated alkanes) is 1. The van der Waals surface area contributed by atoms with Crippen LogP contribution in [-0.4, -0.2) is 37.6 Å². The molecule has 0 aliphatic carbocycles. The Morgan fingerprint density at radius 2 is 1.90 bits per heavy atom. The van der Waals surface area contributed by atoms with Crippen molar-refractivity contribution < 1.29 is 14.2 Å². The standard InChI is InChI=1S/C20H21FN2O2.C5H13N/c21-17-7-5-16(6-8-17)20-12-23-18(2-1-11-22-20)14-25-13-15-3-9-19(24)10-4-15;1-3-4-5-6-2/h3-12,18,23-24H,1-2,13-14H2;6H,3-5H2,1-2H3/b20-12-,22-11?;/t18-;/m0./s1. The number of nitrogens with one attached hydrogen (secondary N) is 2. The maximum absolute atomic E-state index is 13.1. The largest absolute Gasteiger partial charge is 0.508 e. The SMILES string of the molecule is CCCCNC.Oc1ccc(COC[C@@H]2CCC=N/C(c3ccc(F)cc3)=C\N2)cc1. The number of aromatic hydroxyl groups is 1. The number of rotatable bonds is 8. The Labute approximate surface area is 185 Å². The Morgan fingerprint density at radius 1 is 1.16 bits per heavy atom. The number of ether oxygens (including phenoxy) is 1. The summed E-state index contributed by atoms with van der Waals surface area (Å²) < 4.78 is 18.8. The van der Waals surface area contributed by atoms with Gasteiger partial charge >= 0.3 is 0 Å². The lowest BCUT2D eigenvalue weighted by Gasteiger charge is -2.19. The summed E-state index contributed by atoms with van der Waals surface area (Å²) >= 11 is 0. The van der Waals surface area contributed by atoms with Gasteiger partial charge in [-0.15, -0.1) is 0 Å². The van der Waals surface area contributed by atoms with E-state index in [1.807, 2.05) is 31.6 Å². The summed E-state index contributed by atoms with van der Waals surface area (Å²) in [5, 5.41) is 15.7. The Morgan fingerprint density at radius 3 is 2.55 bits per heavy atom. The second kappa shape index (κ2) is 14.3. The van der Waals surface area contributed by atoms with Crippen molar-refractivity contribution >= 4 is 11.9 Å². The highest BCUT2D eigenvalue weighted by Gasteiger charge is 2.10. The van der Waals surface area contributed by atoms with Crippen LogP contribution in [0.15, 0.2) is 59.7 Å². The molecule has 2 aromatic carbocycles. The zero-order chi connectivity index (χ0) is 22.3. The number of benzene rings is 2. The highest BCUT2D eigenvalue weighted by atomic mass is 19.1. The lowest BCUT2D eigenvalue weighted by molar-refractivity contribution is 0.100. The van der Waals surface area contributed by atoms with Crippen molar-refractivity contribution in [2.75, 3.05) is 20.2 Å². The molecule has 0 bridgehead atoms. The van der Waals surface area contributed by atoms with Crippen molar-refractivity contribution in [3.05, 3.63) is 71.7 Å². The van der Waals surface area contributed by atoms with E-state index in [1.54, 1.807) is 24.3 Å². The van der Waals surface area contributed by atoms with Gasteiger partial charge in [0, 0.05) is 24.0 Å². The molecule has 0 spiro atoms. The minimum Gasteiger partial charge on any atom is -0.508 e. The van der Waals surface area contributed by atoms with Crippen molar-refractivity contribution in [1.29, 1.82) is 0 Å². The minimum absolute atomic E-state index is 0.180. The van der Waals surface area contributed by atoms with Gasteiger partial charge < -0.3 is 20.5 Å². The van der Waals surface area contributed by atoms with Crippen LogP contribution in [0.25, 0.3) is 5.70 Å². The molecular weight excluding hydrogens is 393 g/mol. The van der Waals surface area contributed by atoms with Crippen molar-refractivity contribution in [2.45, 2.75) is 45.3 Å². The molecule has 1 aliphatic rings.